The van der Waals surface area contributed by atoms with E-state index < -0.39 is 4.92 Å². The predicted molar refractivity (Wildman–Crippen MR) is 85.7 cm³/mol. The molecule has 2 aromatic rings. The summed E-state index contributed by atoms with van der Waals surface area (Å²) in [5.41, 5.74) is 1.94. The van der Waals surface area contributed by atoms with Crippen LogP contribution in [0.4, 0.5) is 5.69 Å². The normalized spacial score (nSPS) is 10.9. The molecule has 0 radical (unpaired) electrons. The summed E-state index contributed by atoms with van der Waals surface area (Å²) in [5.74, 6) is 0.526. The third-order valence-electron chi connectivity index (χ3n) is 3.25. The van der Waals surface area contributed by atoms with Crippen LogP contribution in [0.15, 0.2) is 41.2 Å². The topological polar surface area (TPSA) is 88.0 Å². The van der Waals surface area contributed by atoms with Crippen LogP contribution in [0, 0.1) is 16.0 Å². The van der Waals surface area contributed by atoms with Crippen LogP contribution < -0.4 is 10.9 Å². The monoisotopic (exact) mass is 301 g/mol. The van der Waals surface area contributed by atoms with E-state index in [4.69, 9.17) is 0 Å². The van der Waals surface area contributed by atoms with E-state index in [1.807, 2.05) is 6.07 Å². The minimum absolute atomic E-state index is 0.0283. The Bertz CT molecular complexity index is 705. The Labute approximate surface area is 128 Å². The minimum atomic E-state index is -0.448. The number of aromatic amines is 1. The van der Waals surface area contributed by atoms with Crippen molar-refractivity contribution in [3.8, 4) is 11.3 Å². The average Bonchev–Trinajstić information content (AvgIpc) is 2.48. The molecule has 0 saturated carbocycles. The molecule has 0 amide bonds. The largest absolute Gasteiger partial charge is 0.322 e. The SMILES string of the molecule is CC(C)CNCc1ccc(-c2ccc([N+](=O)[O-])cc2)[nH]c1=O. The van der Waals surface area contributed by atoms with Crippen LogP contribution in [0.5, 0.6) is 0 Å². The van der Waals surface area contributed by atoms with Gasteiger partial charge in [0.1, 0.15) is 0 Å². The van der Waals surface area contributed by atoms with Crippen LogP contribution >= 0.6 is 0 Å². The second-order valence-electron chi connectivity index (χ2n) is 5.56. The van der Waals surface area contributed by atoms with Gasteiger partial charge in [-0.2, -0.15) is 0 Å². The predicted octanol–water partition coefficient (Wildman–Crippen LogP) is 2.70. The Morgan fingerprint density at radius 3 is 2.41 bits per heavy atom. The molecule has 0 atom stereocenters. The van der Waals surface area contributed by atoms with Gasteiger partial charge in [0.25, 0.3) is 11.2 Å². The third kappa shape index (κ3) is 4.02. The smallest absolute Gasteiger partial charge is 0.269 e. The summed E-state index contributed by atoms with van der Waals surface area (Å²) in [6.45, 7) is 5.58. The Balaban J connectivity index is 2.14. The summed E-state index contributed by atoms with van der Waals surface area (Å²) in [7, 11) is 0. The highest BCUT2D eigenvalue weighted by atomic mass is 16.6. The van der Waals surface area contributed by atoms with Crippen molar-refractivity contribution >= 4 is 5.69 Å². The number of rotatable bonds is 6. The van der Waals surface area contributed by atoms with Crippen LogP contribution in [0.3, 0.4) is 0 Å². The van der Waals surface area contributed by atoms with E-state index in [-0.39, 0.29) is 11.2 Å². The fraction of sp³-hybridized carbons (Fsp3) is 0.312. The first kappa shape index (κ1) is 15.9. The lowest BCUT2D eigenvalue weighted by Crippen LogP contribution is -2.24. The number of hydrogen-bond donors (Lipinski definition) is 2. The fourth-order valence-corrected chi connectivity index (χ4v) is 2.07. The van der Waals surface area contributed by atoms with Crippen LogP contribution in [0.25, 0.3) is 11.3 Å². The van der Waals surface area contributed by atoms with Gasteiger partial charge in [0.15, 0.2) is 0 Å². The quantitative estimate of drug-likeness (QED) is 0.634. The number of aromatic nitrogens is 1. The number of benzene rings is 1. The summed E-state index contributed by atoms with van der Waals surface area (Å²) in [6, 6.07) is 9.69. The van der Waals surface area contributed by atoms with Crippen LogP contribution in [-0.4, -0.2) is 16.5 Å². The number of hydrogen-bond acceptors (Lipinski definition) is 4. The van der Waals surface area contributed by atoms with E-state index in [9.17, 15) is 14.9 Å². The highest BCUT2D eigenvalue weighted by Gasteiger charge is 2.07. The minimum Gasteiger partial charge on any atom is -0.322 e. The number of nitro benzene ring substituents is 1. The molecule has 116 valence electrons. The standard InChI is InChI=1S/C16H19N3O3/c1-11(2)9-17-10-13-5-8-15(18-16(13)20)12-3-6-14(7-4-12)19(21)22/h3-8,11,17H,9-10H2,1-2H3,(H,18,20). The maximum absolute atomic E-state index is 12.1. The molecule has 0 aliphatic heterocycles. The van der Waals surface area contributed by atoms with Crippen molar-refractivity contribution in [2.24, 2.45) is 5.92 Å². The Morgan fingerprint density at radius 1 is 1.18 bits per heavy atom. The molecule has 0 spiro atoms. The molecule has 0 fully saturated rings. The fourth-order valence-electron chi connectivity index (χ4n) is 2.07. The first-order valence-corrected chi connectivity index (χ1v) is 7.15. The van der Waals surface area contributed by atoms with Gasteiger partial charge in [-0.15, -0.1) is 0 Å². The van der Waals surface area contributed by atoms with Crippen molar-refractivity contribution in [3.63, 3.8) is 0 Å². The number of pyridine rings is 1. The summed E-state index contributed by atoms with van der Waals surface area (Å²) >= 11 is 0. The molecule has 1 aromatic heterocycles. The third-order valence-corrected chi connectivity index (χ3v) is 3.25. The molecule has 1 heterocycles. The van der Waals surface area contributed by atoms with Crippen molar-refractivity contribution in [1.29, 1.82) is 0 Å². The van der Waals surface area contributed by atoms with Crippen molar-refractivity contribution in [2.45, 2.75) is 20.4 Å². The maximum atomic E-state index is 12.1. The first-order valence-electron chi connectivity index (χ1n) is 7.15. The van der Waals surface area contributed by atoms with E-state index in [0.29, 0.717) is 23.7 Å². The molecular weight excluding hydrogens is 282 g/mol. The summed E-state index contributed by atoms with van der Waals surface area (Å²) < 4.78 is 0. The average molecular weight is 301 g/mol. The van der Waals surface area contributed by atoms with E-state index in [1.165, 1.54) is 12.1 Å². The van der Waals surface area contributed by atoms with Gasteiger partial charge in [-0.3, -0.25) is 14.9 Å². The highest BCUT2D eigenvalue weighted by molar-refractivity contribution is 5.60. The molecule has 22 heavy (non-hydrogen) atoms. The maximum Gasteiger partial charge on any atom is 0.269 e. The molecular formula is C16H19N3O3. The molecule has 1 aromatic carbocycles. The lowest BCUT2D eigenvalue weighted by molar-refractivity contribution is -0.384. The Hall–Kier alpha value is -2.47. The summed E-state index contributed by atoms with van der Waals surface area (Å²) in [4.78, 5) is 25.1. The van der Waals surface area contributed by atoms with Gasteiger partial charge in [0, 0.05) is 29.9 Å². The molecule has 0 saturated heterocycles. The first-order chi connectivity index (χ1) is 10.5. The number of H-pyrrole nitrogens is 1. The number of nitrogens with one attached hydrogen (secondary N) is 2. The molecule has 2 N–H and O–H groups in total. The van der Waals surface area contributed by atoms with Crippen molar-refractivity contribution in [1.82, 2.24) is 10.3 Å². The van der Waals surface area contributed by atoms with E-state index in [0.717, 1.165) is 12.1 Å². The number of nitro groups is 1. The van der Waals surface area contributed by atoms with Gasteiger partial charge in [0.05, 0.1) is 4.92 Å². The van der Waals surface area contributed by atoms with Gasteiger partial charge in [0.2, 0.25) is 0 Å². The number of non-ortho nitro benzene ring substituents is 1. The molecule has 0 bridgehead atoms. The van der Waals surface area contributed by atoms with Crippen molar-refractivity contribution in [3.05, 3.63) is 62.4 Å². The zero-order valence-electron chi connectivity index (χ0n) is 12.6. The molecule has 6 nitrogen and oxygen atoms in total. The van der Waals surface area contributed by atoms with Gasteiger partial charge < -0.3 is 10.3 Å². The Morgan fingerprint density at radius 2 is 1.86 bits per heavy atom. The van der Waals surface area contributed by atoms with Crippen LogP contribution in [0.1, 0.15) is 19.4 Å². The van der Waals surface area contributed by atoms with E-state index in [1.54, 1.807) is 18.2 Å². The van der Waals surface area contributed by atoms with Gasteiger partial charge >= 0.3 is 0 Å². The lowest BCUT2D eigenvalue weighted by atomic mass is 10.1. The molecule has 0 unspecified atom stereocenters. The molecule has 6 heteroatoms. The molecule has 0 aliphatic carbocycles. The van der Waals surface area contributed by atoms with Crippen LogP contribution in [-0.2, 0) is 6.54 Å². The Kier molecular flexibility index (Phi) is 5.06. The van der Waals surface area contributed by atoms with Gasteiger partial charge in [-0.25, -0.2) is 0 Å². The van der Waals surface area contributed by atoms with E-state index >= 15 is 0 Å². The summed E-state index contributed by atoms with van der Waals surface area (Å²) in [5, 5.41) is 13.9. The summed E-state index contributed by atoms with van der Waals surface area (Å²) in [6.07, 6.45) is 0. The lowest BCUT2D eigenvalue weighted by Gasteiger charge is -2.08. The van der Waals surface area contributed by atoms with Gasteiger partial charge in [-0.05, 0) is 36.2 Å². The highest BCUT2D eigenvalue weighted by Crippen LogP contribution is 2.19. The van der Waals surface area contributed by atoms with Crippen molar-refractivity contribution in [2.75, 3.05) is 6.54 Å². The van der Waals surface area contributed by atoms with Crippen molar-refractivity contribution < 1.29 is 4.92 Å². The van der Waals surface area contributed by atoms with Crippen LogP contribution in [0.2, 0.25) is 0 Å². The zero-order valence-corrected chi connectivity index (χ0v) is 12.6. The van der Waals surface area contributed by atoms with Gasteiger partial charge in [-0.1, -0.05) is 19.9 Å². The van der Waals surface area contributed by atoms with E-state index in [2.05, 4.69) is 24.1 Å². The molecule has 2 rings (SSSR count). The second kappa shape index (κ2) is 7.00. The number of nitrogens with zero attached hydrogens (tertiary/aromatic N) is 1. The second-order valence-corrected chi connectivity index (χ2v) is 5.56. The zero-order chi connectivity index (χ0) is 16.1. The molecule has 0 aliphatic rings.